The van der Waals surface area contributed by atoms with Gasteiger partial charge in [-0.3, -0.25) is 9.88 Å². The quantitative estimate of drug-likeness (QED) is 0.298. The van der Waals surface area contributed by atoms with Crippen LogP contribution < -0.4 is 14.1 Å². The zero-order chi connectivity index (χ0) is 19.1. The number of hydrogen-bond acceptors (Lipinski definition) is 5. The monoisotopic (exact) mass is 399 g/mol. The van der Waals surface area contributed by atoms with Gasteiger partial charge in [0, 0.05) is 11.3 Å². The van der Waals surface area contributed by atoms with E-state index in [9.17, 15) is 9.36 Å². The first-order valence-electron chi connectivity index (χ1n) is 8.20. The molecule has 5 nitrogen and oxygen atoms in total. The van der Waals surface area contributed by atoms with E-state index in [1.54, 1.807) is 72.8 Å². The summed E-state index contributed by atoms with van der Waals surface area (Å²) < 4.78 is 24.7. The minimum atomic E-state index is -3.82. The van der Waals surface area contributed by atoms with Gasteiger partial charge >= 0.3 is 7.75 Å². The molecule has 0 atom stereocenters. The Kier molecular flexibility index (Phi) is 6.22. The van der Waals surface area contributed by atoms with Gasteiger partial charge in [0.25, 0.3) is 0 Å². The van der Waals surface area contributed by atoms with Crippen molar-refractivity contribution >= 4 is 31.8 Å². The molecule has 0 aliphatic rings. The molecule has 0 fully saturated rings. The molecule has 0 radical (unpaired) electrons. The lowest BCUT2D eigenvalue weighted by atomic mass is 10.1. The van der Waals surface area contributed by atoms with E-state index in [4.69, 9.17) is 9.05 Å². The Morgan fingerprint density at radius 3 is 1.93 bits per heavy atom. The van der Waals surface area contributed by atoms with E-state index >= 15 is 0 Å². The second-order valence-corrected chi connectivity index (χ2v) is 7.48. The van der Waals surface area contributed by atoms with Gasteiger partial charge in [-0.25, -0.2) is 4.57 Å². The molecule has 0 saturated carbocycles. The third kappa shape index (κ3) is 5.39. The predicted octanol–water partition coefficient (Wildman–Crippen LogP) is 5.48. The molecule has 1 N–H and O–H groups in total. The fraction of sp³-hybridized carbons (Fsp3) is 0.0500. The Balaban J connectivity index is 1.90. The summed E-state index contributed by atoms with van der Waals surface area (Å²) in [5, 5.41) is 2.81. The summed E-state index contributed by atoms with van der Waals surface area (Å²) >= 11 is 4.01. The molecule has 0 bridgehead atoms. The van der Waals surface area contributed by atoms with Crippen LogP contribution in [-0.4, -0.2) is 11.5 Å². The Morgan fingerprint density at radius 2 is 1.41 bits per heavy atom. The van der Waals surface area contributed by atoms with Crippen molar-refractivity contribution in [2.24, 2.45) is 0 Å². The van der Waals surface area contributed by atoms with Crippen molar-refractivity contribution in [3.63, 3.8) is 0 Å². The molecule has 0 spiro atoms. The summed E-state index contributed by atoms with van der Waals surface area (Å²) in [7, 11) is -3.82. The number of Topliss-reactive ketones (excluding diaryl/α,β-unsaturated/α-hetero) is 1. The van der Waals surface area contributed by atoms with E-state index < -0.39 is 7.75 Å². The molecule has 0 aromatic heterocycles. The Hall–Kier alpha value is -2.69. The number of benzene rings is 3. The molecule has 3 aromatic rings. The fourth-order valence-corrected chi connectivity index (χ4v) is 3.88. The maximum atomic E-state index is 13.4. The molecule has 7 heteroatoms. The van der Waals surface area contributed by atoms with Gasteiger partial charge in [0.05, 0.1) is 5.75 Å². The maximum absolute atomic E-state index is 13.4. The van der Waals surface area contributed by atoms with E-state index in [2.05, 4.69) is 17.7 Å². The Bertz CT molecular complexity index is 905. The summed E-state index contributed by atoms with van der Waals surface area (Å²) in [4.78, 5) is 11.9. The third-order valence-electron chi connectivity index (χ3n) is 3.53. The smallest absolute Gasteiger partial charge is 0.400 e. The second-order valence-electron chi connectivity index (χ2n) is 5.58. The normalized spacial score (nSPS) is 10.9. The number of ketones is 1. The van der Waals surface area contributed by atoms with Crippen LogP contribution in [-0.2, 0) is 4.57 Å². The molecule has 0 aliphatic heterocycles. The van der Waals surface area contributed by atoms with Crippen LogP contribution >= 0.6 is 20.4 Å². The Labute approximate surface area is 163 Å². The maximum Gasteiger partial charge on any atom is 0.541 e. The van der Waals surface area contributed by atoms with Crippen LogP contribution in [0.5, 0.6) is 11.5 Å². The molecule has 3 rings (SSSR count). The zero-order valence-electron chi connectivity index (χ0n) is 14.3. The molecule has 138 valence electrons. The molecular weight excluding hydrogens is 381 g/mol. The van der Waals surface area contributed by atoms with Crippen molar-refractivity contribution in [1.82, 2.24) is 0 Å². The van der Waals surface area contributed by atoms with E-state index in [1.807, 2.05) is 12.1 Å². The van der Waals surface area contributed by atoms with Crippen LogP contribution in [0.4, 0.5) is 5.69 Å². The lowest BCUT2D eigenvalue weighted by molar-refractivity contribution is 0.102. The number of para-hydroxylation sites is 2. The third-order valence-corrected chi connectivity index (χ3v) is 5.25. The van der Waals surface area contributed by atoms with E-state index in [0.29, 0.717) is 22.7 Å². The average molecular weight is 399 g/mol. The van der Waals surface area contributed by atoms with Crippen LogP contribution in [0.2, 0.25) is 0 Å². The highest BCUT2D eigenvalue weighted by molar-refractivity contribution is 7.81. The van der Waals surface area contributed by atoms with Gasteiger partial charge in [-0.15, -0.1) is 0 Å². The molecule has 27 heavy (non-hydrogen) atoms. The Morgan fingerprint density at radius 1 is 0.852 bits per heavy atom. The minimum Gasteiger partial charge on any atom is -0.400 e. The van der Waals surface area contributed by atoms with Crippen LogP contribution in [0.3, 0.4) is 0 Å². The lowest BCUT2D eigenvalue weighted by Crippen LogP contribution is -2.10. The minimum absolute atomic E-state index is 0.0855. The molecule has 0 unspecified atom stereocenters. The SMILES string of the molecule is O=C(CS)c1cccc(NP(=O)(Oc2ccccc2)Oc2ccccc2)c1. The first kappa shape index (κ1) is 19.1. The summed E-state index contributed by atoms with van der Waals surface area (Å²) in [5.74, 6) is 0.741. The molecule has 0 saturated heterocycles. The van der Waals surface area contributed by atoms with E-state index in [1.165, 1.54) is 0 Å². The molecule has 3 aromatic carbocycles. The molecule has 0 heterocycles. The molecule has 0 amide bonds. The number of nitrogens with one attached hydrogen (secondary N) is 1. The highest BCUT2D eigenvalue weighted by Gasteiger charge is 2.29. The van der Waals surface area contributed by atoms with Crippen LogP contribution in [0.25, 0.3) is 0 Å². The number of rotatable bonds is 8. The van der Waals surface area contributed by atoms with E-state index in [0.717, 1.165) is 0 Å². The average Bonchev–Trinajstić information content (AvgIpc) is 2.68. The van der Waals surface area contributed by atoms with Gasteiger partial charge in [0.1, 0.15) is 11.5 Å². The number of hydrogen-bond donors (Lipinski definition) is 2. The zero-order valence-corrected chi connectivity index (χ0v) is 16.1. The lowest BCUT2D eigenvalue weighted by Gasteiger charge is -2.21. The number of carbonyl (C=O) groups is 1. The van der Waals surface area contributed by atoms with Gasteiger partial charge in [0.2, 0.25) is 0 Å². The largest absolute Gasteiger partial charge is 0.541 e. The van der Waals surface area contributed by atoms with Gasteiger partial charge in [-0.05, 0) is 36.4 Å². The van der Waals surface area contributed by atoms with Crippen LogP contribution in [0, 0.1) is 0 Å². The van der Waals surface area contributed by atoms with Crippen molar-refractivity contribution in [2.75, 3.05) is 10.8 Å². The van der Waals surface area contributed by atoms with Crippen LogP contribution in [0.15, 0.2) is 84.9 Å². The highest BCUT2D eigenvalue weighted by Crippen LogP contribution is 2.48. The number of thiol groups is 1. The van der Waals surface area contributed by atoms with Crippen molar-refractivity contribution < 1.29 is 18.4 Å². The first-order valence-corrected chi connectivity index (χ1v) is 10.4. The summed E-state index contributed by atoms with van der Waals surface area (Å²) in [6.07, 6.45) is 0. The topological polar surface area (TPSA) is 64.6 Å². The summed E-state index contributed by atoms with van der Waals surface area (Å²) in [6, 6.07) is 24.1. The van der Waals surface area contributed by atoms with Gasteiger partial charge in [0.15, 0.2) is 5.78 Å². The summed E-state index contributed by atoms with van der Waals surface area (Å²) in [6.45, 7) is 0. The van der Waals surface area contributed by atoms with E-state index in [-0.39, 0.29) is 11.5 Å². The predicted molar refractivity (Wildman–Crippen MR) is 110 cm³/mol. The highest BCUT2D eigenvalue weighted by atomic mass is 32.1. The second kappa shape index (κ2) is 8.80. The van der Waals surface area contributed by atoms with Crippen molar-refractivity contribution in [3.05, 3.63) is 90.5 Å². The van der Waals surface area contributed by atoms with Gasteiger partial charge in [-0.1, -0.05) is 48.5 Å². The summed E-state index contributed by atoms with van der Waals surface area (Å²) in [5.41, 5.74) is 0.902. The number of anilines is 1. The fourth-order valence-electron chi connectivity index (χ4n) is 2.32. The van der Waals surface area contributed by atoms with Crippen molar-refractivity contribution in [2.45, 2.75) is 0 Å². The first-order chi connectivity index (χ1) is 13.1. The van der Waals surface area contributed by atoms with Crippen molar-refractivity contribution in [1.29, 1.82) is 0 Å². The van der Waals surface area contributed by atoms with Crippen LogP contribution in [0.1, 0.15) is 10.4 Å². The number of carbonyl (C=O) groups excluding carboxylic acids is 1. The molecular formula is C20H18NO4PS. The standard InChI is InChI=1S/C20H18NO4PS/c22-20(15-27)16-8-7-9-17(14-16)21-26(23,24-18-10-3-1-4-11-18)25-19-12-5-2-6-13-19/h1-14,27H,15H2,(H,21,23). The van der Waals surface area contributed by atoms with Gasteiger partial charge in [-0.2, -0.15) is 12.6 Å². The van der Waals surface area contributed by atoms with Gasteiger partial charge < -0.3 is 9.05 Å². The van der Waals surface area contributed by atoms with Crippen molar-refractivity contribution in [3.8, 4) is 11.5 Å². The molecule has 0 aliphatic carbocycles.